The van der Waals surface area contributed by atoms with Crippen LogP contribution in [-0.4, -0.2) is 38.6 Å². The van der Waals surface area contributed by atoms with Gasteiger partial charge in [-0.05, 0) is 62.2 Å². The number of hydrogen-bond donors (Lipinski definition) is 1. The molecule has 0 radical (unpaired) electrons. The highest BCUT2D eigenvalue weighted by Crippen LogP contribution is 2.19. The topological polar surface area (TPSA) is 58.6 Å². The van der Waals surface area contributed by atoms with Crippen LogP contribution >= 0.6 is 0 Å². The Kier molecular flexibility index (Phi) is 7.36. The number of benzene rings is 2. The van der Waals surface area contributed by atoms with Crippen LogP contribution in [0.1, 0.15) is 39.6 Å². The molecular weight excluding hydrogens is 328 g/mol. The molecule has 0 spiro atoms. The molecule has 2 amide bonds. The third-order valence-corrected chi connectivity index (χ3v) is 4.08. The van der Waals surface area contributed by atoms with Crippen LogP contribution in [0.3, 0.4) is 0 Å². The van der Waals surface area contributed by atoms with Crippen molar-refractivity contribution in [3.8, 4) is 0 Å². The first-order chi connectivity index (χ1) is 12.6. The van der Waals surface area contributed by atoms with E-state index in [2.05, 4.69) is 5.32 Å². The molecule has 2 aromatic carbocycles. The Hall–Kier alpha value is -2.66. The number of nitrogens with one attached hydrogen (secondary N) is 1. The highest BCUT2D eigenvalue weighted by Gasteiger charge is 2.16. The molecule has 0 aliphatic carbocycles. The maximum Gasteiger partial charge on any atom is 0.258 e. The predicted molar refractivity (Wildman–Crippen MR) is 104 cm³/mol. The second-order valence-corrected chi connectivity index (χ2v) is 6.07. The highest BCUT2D eigenvalue weighted by molar-refractivity contribution is 6.06. The number of ether oxygens (including phenoxy) is 1. The Morgan fingerprint density at radius 3 is 2.38 bits per heavy atom. The molecule has 138 valence electrons. The summed E-state index contributed by atoms with van der Waals surface area (Å²) in [5.74, 6) is -0.226. The van der Waals surface area contributed by atoms with Gasteiger partial charge in [0, 0.05) is 43.6 Å². The lowest BCUT2D eigenvalue weighted by molar-refractivity contribution is 0.0945. The van der Waals surface area contributed by atoms with Crippen molar-refractivity contribution < 1.29 is 14.3 Å². The van der Waals surface area contributed by atoms with Crippen LogP contribution in [0, 0.1) is 6.92 Å². The van der Waals surface area contributed by atoms with Crippen LogP contribution in [0.25, 0.3) is 0 Å². The van der Waals surface area contributed by atoms with Crippen LogP contribution in [0.5, 0.6) is 0 Å². The van der Waals surface area contributed by atoms with Gasteiger partial charge in [0.05, 0.1) is 0 Å². The van der Waals surface area contributed by atoms with E-state index in [1.54, 1.807) is 36.3 Å². The lowest BCUT2D eigenvalue weighted by atomic mass is 10.1. The summed E-state index contributed by atoms with van der Waals surface area (Å²) in [6.45, 7) is 5.69. The number of carbonyl (C=O) groups is 2. The summed E-state index contributed by atoms with van der Waals surface area (Å²) >= 11 is 0. The number of hydrogen-bond acceptors (Lipinski definition) is 3. The van der Waals surface area contributed by atoms with E-state index in [0.717, 1.165) is 17.7 Å². The lowest BCUT2D eigenvalue weighted by Gasteiger charge is -2.21. The molecule has 0 aliphatic heterocycles. The molecule has 1 N–H and O–H groups in total. The van der Waals surface area contributed by atoms with E-state index >= 15 is 0 Å². The molecule has 0 saturated heterocycles. The van der Waals surface area contributed by atoms with E-state index in [4.69, 9.17) is 4.74 Å². The zero-order valence-electron chi connectivity index (χ0n) is 15.6. The molecule has 0 saturated carbocycles. The molecule has 0 unspecified atom stereocenters. The van der Waals surface area contributed by atoms with Crippen molar-refractivity contribution in [2.75, 3.05) is 31.7 Å². The quantitative estimate of drug-likeness (QED) is 0.739. The largest absolute Gasteiger partial charge is 0.385 e. The first-order valence-corrected chi connectivity index (χ1v) is 8.82. The van der Waals surface area contributed by atoms with Gasteiger partial charge in [0.15, 0.2) is 0 Å². The molecule has 2 aromatic rings. The number of aryl methyl sites for hydroxylation is 1. The third kappa shape index (κ3) is 5.17. The molecule has 0 atom stereocenters. The molecule has 5 nitrogen and oxygen atoms in total. The van der Waals surface area contributed by atoms with Gasteiger partial charge in [0.25, 0.3) is 11.8 Å². The third-order valence-electron chi connectivity index (χ3n) is 4.08. The Bertz CT molecular complexity index is 741. The van der Waals surface area contributed by atoms with Crippen molar-refractivity contribution >= 4 is 17.5 Å². The molecular formula is C21H26N2O3. The van der Waals surface area contributed by atoms with Gasteiger partial charge in [-0.2, -0.15) is 0 Å². The Balaban J connectivity index is 2.06. The predicted octanol–water partition coefficient (Wildman–Crippen LogP) is 3.43. The molecule has 0 bridgehead atoms. The first-order valence-electron chi connectivity index (χ1n) is 8.82. The van der Waals surface area contributed by atoms with E-state index < -0.39 is 0 Å². The summed E-state index contributed by atoms with van der Waals surface area (Å²) in [4.78, 5) is 26.6. The SMILES string of the molecule is CCN(C(=O)c1ccc(C(=O)NCCCOC)cc1)c1cccc(C)c1. The number of nitrogens with zero attached hydrogens (tertiary/aromatic N) is 1. The number of carbonyl (C=O) groups excluding carboxylic acids is 2. The first kappa shape index (κ1) is 19.7. The average molecular weight is 354 g/mol. The van der Waals surface area contributed by atoms with E-state index in [0.29, 0.717) is 30.8 Å². The summed E-state index contributed by atoms with van der Waals surface area (Å²) in [5.41, 5.74) is 3.08. The zero-order valence-corrected chi connectivity index (χ0v) is 15.6. The fraction of sp³-hybridized carbons (Fsp3) is 0.333. The monoisotopic (exact) mass is 354 g/mol. The summed E-state index contributed by atoms with van der Waals surface area (Å²) in [6.07, 6.45) is 0.765. The van der Waals surface area contributed by atoms with Crippen molar-refractivity contribution in [3.05, 3.63) is 65.2 Å². The van der Waals surface area contributed by atoms with Crippen LogP contribution in [0.2, 0.25) is 0 Å². The van der Waals surface area contributed by atoms with Gasteiger partial charge in [-0.1, -0.05) is 12.1 Å². The Labute approximate surface area is 155 Å². The van der Waals surface area contributed by atoms with E-state index in [1.807, 2.05) is 38.1 Å². The molecule has 26 heavy (non-hydrogen) atoms. The minimum atomic E-state index is -0.147. The average Bonchev–Trinajstić information content (AvgIpc) is 2.66. The molecule has 0 aliphatic rings. The van der Waals surface area contributed by atoms with Gasteiger partial charge in [-0.15, -0.1) is 0 Å². The minimum Gasteiger partial charge on any atom is -0.385 e. The van der Waals surface area contributed by atoms with Gasteiger partial charge in [-0.3, -0.25) is 9.59 Å². The summed E-state index contributed by atoms with van der Waals surface area (Å²) in [7, 11) is 1.63. The van der Waals surface area contributed by atoms with Crippen LogP contribution in [-0.2, 0) is 4.74 Å². The van der Waals surface area contributed by atoms with Crippen LogP contribution in [0.15, 0.2) is 48.5 Å². The fourth-order valence-electron chi connectivity index (χ4n) is 2.68. The zero-order chi connectivity index (χ0) is 18.9. The Morgan fingerprint density at radius 1 is 1.08 bits per heavy atom. The molecule has 0 heterocycles. The fourth-order valence-corrected chi connectivity index (χ4v) is 2.68. The van der Waals surface area contributed by atoms with Gasteiger partial charge in [0.2, 0.25) is 0 Å². The van der Waals surface area contributed by atoms with Gasteiger partial charge in [0.1, 0.15) is 0 Å². The highest BCUT2D eigenvalue weighted by atomic mass is 16.5. The van der Waals surface area contributed by atoms with Gasteiger partial charge < -0.3 is 15.0 Å². The summed E-state index contributed by atoms with van der Waals surface area (Å²) < 4.78 is 4.95. The summed E-state index contributed by atoms with van der Waals surface area (Å²) in [5, 5.41) is 2.83. The number of methoxy groups -OCH3 is 1. The normalized spacial score (nSPS) is 10.4. The van der Waals surface area contributed by atoms with Crippen molar-refractivity contribution in [1.29, 1.82) is 0 Å². The maximum absolute atomic E-state index is 12.8. The van der Waals surface area contributed by atoms with Crippen molar-refractivity contribution in [2.45, 2.75) is 20.3 Å². The molecule has 2 rings (SSSR count). The number of rotatable bonds is 8. The maximum atomic E-state index is 12.8. The van der Waals surface area contributed by atoms with Crippen molar-refractivity contribution in [2.24, 2.45) is 0 Å². The van der Waals surface area contributed by atoms with Crippen molar-refractivity contribution in [1.82, 2.24) is 5.32 Å². The van der Waals surface area contributed by atoms with E-state index in [-0.39, 0.29) is 11.8 Å². The molecule has 0 aromatic heterocycles. The standard InChI is InChI=1S/C21H26N2O3/c1-4-23(19-8-5-7-16(2)15-19)21(25)18-11-9-17(10-12-18)20(24)22-13-6-14-26-3/h5,7-12,15H,4,6,13-14H2,1-3H3,(H,22,24). The van der Waals surface area contributed by atoms with E-state index in [9.17, 15) is 9.59 Å². The second-order valence-electron chi connectivity index (χ2n) is 6.07. The minimum absolute atomic E-state index is 0.0786. The van der Waals surface area contributed by atoms with E-state index in [1.165, 1.54) is 0 Å². The molecule has 0 fully saturated rings. The van der Waals surface area contributed by atoms with Crippen molar-refractivity contribution in [3.63, 3.8) is 0 Å². The molecule has 5 heteroatoms. The summed E-state index contributed by atoms with van der Waals surface area (Å²) in [6, 6.07) is 14.6. The van der Waals surface area contributed by atoms with Gasteiger partial charge in [-0.25, -0.2) is 0 Å². The lowest BCUT2D eigenvalue weighted by Crippen LogP contribution is -2.30. The smallest absolute Gasteiger partial charge is 0.258 e. The van der Waals surface area contributed by atoms with Crippen LogP contribution in [0.4, 0.5) is 5.69 Å². The van der Waals surface area contributed by atoms with Crippen LogP contribution < -0.4 is 10.2 Å². The number of amides is 2. The van der Waals surface area contributed by atoms with Gasteiger partial charge >= 0.3 is 0 Å². The Morgan fingerprint density at radius 2 is 1.77 bits per heavy atom. The second kappa shape index (κ2) is 9.73. The number of anilines is 1.